The fraction of sp³-hybridized carbons (Fsp3) is 0.125. The maximum absolute atomic E-state index is 12.9. The van der Waals surface area contributed by atoms with Crippen molar-refractivity contribution in [2.24, 2.45) is 0 Å². The molecule has 1 saturated heterocycles. The molecule has 9 heteroatoms. The summed E-state index contributed by atoms with van der Waals surface area (Å²) in [7, 11) is 1.51. The van der Waals surface area contributed by atoms with Crippen LogP contribution >= 0.6 is 35.6 Å². The maximum atomic E-state index is 12.9. The highest BCUT2D eigenvalue weighted by Gasteiger charge is 2.40. The van der Waals surface area contributed by atoms with E-state index in [4.69, 9.17) is 28.6 Å². The summed E-state index contributed by atoms with van der Waals surface area (Å²) >= 11 is 12.9. The second-order valence-corrected chi connectivity index (χ2v) is 9.26. The van der Waals surface area contributed by atoms with E-state index in [-0.39, 0.29) is 18.2 Å². The van der Waals surface area contributed by atoms with E-state index in [1.165, 1.54) is 23.8 Å². The summed E-state index contributed by atoms with van der Waals surface area (Å²) in [5, 5.41) is 6.56. The van der Waals surface area contributed by atoms with Crippen LogP contribution in [-0.4, -0.2) is 29.3 Å². The average molecular weight is 498 g/mol. The van der Waals surface area contributed by atoms with E-state index in [0.29, 0.717) is 21.6 Å². The van der Waals surface area contributed by atoms with Crippen molar-refractivity contribution in [1.29, 1.82) is 0 Å². The molecule has 0 unspecified atom stereocenters. The topological polar surface area (TPSA) is 70.7 Å². The Kier molecular flexibility index (Phi) is 7.17. The number of nitrogens with zero attached hydrogens (tertiary/aromatic N) is 1. The van der Waals surface area contributed by atoms with E-state index < -0.39 is 5.25 Å². The number of nitrogens with one attached hydrogen (secondary N) is 2. The van der Waals surface area contributed by atoms with Crippen LogP contribution < -0.4 is 20.3 Å². The monoisotopic (exact) mass is 497 g/mol. The fourth-order valence-electron chi connectivity index (χ4n) is 3.36. The Morgan fingerprint density at radius 1 is 1.03 bits per heavy atom. The van der Waals surface area contributed by atoms with Crippen LogP contribution in [0.1, 0.15) is 6.42 Å². The Labute approximate surface area is 206 Å². The van der Waals surface area contributed by atoms with Crippen molar-refractivity contribution in [1.82, 2.24) is 0 Å². The predicted octanol–water partition coefficient (Wildman–Crippen LogP) is 5.58. The first kappa shape index (κ1) is 23.1. The summed E-state index contributed by atoms with van der Waals surface area (Å²) in [4.78, 5) is 27.6. The molecule has 1 aliphatic rings. The van der Waals surface area contributed by atoms with E-state index >= 15 is 0 Å². The van der Waals surface area contributed by atoms with Crippen LogP contribution in [0.4, 0.5) is 17.1 Å². The van der Waals surface area contributed by atoms with E-state index in [1.54, 1.807) is 18.2 Å². The first-order valence-electron chi connectivity index (χ1n) is 10.0. The molecule has 33 heavy (non-hydrogen) atoms. The molecule has 0 saturated carbocycles. The number of imide groups is 1. The Bertz CT molecular complexity index is 1190. The highest BCUT2D eigenvalue weighted by atomic mass is 35.5. The molecule has 168 valence electrons. The SMILES string of the molecule is COc1ccc(N2C(=O)C[C@@H](Sc3ccc(NC(=S)Nc4ccccc4)cc3)C2=O)cc1Cl. The van der Waals surface area contributed by atoms with Crippen molar-refractivity contribution in [3.63, 3.8) is 0 Å². The van der Waals surface area contributed by atoms with Gasteiger partial charge in [0.05, 0.1) is 23.1 Å². The minimum atomic E-state index is -0.502. The summed E-state index contributed by atoms with van der Waals surface area (Å²) in [6, 6.07) is 22.0. The molecule has 2 N–H and O–H groups in total. The van der Waals surface area contributed by atoms with Gasteiger partial charge in [0.2, 0.25) is 11.8 Å². The van der Waals surface area contributed by atoms with Crippen LogP contribution in [0.5, 0.6) is 5.75 Å². The van der Waals surface area contributed by atoms with E-state index in [0.717, 1.165) is 16.3 Å². The number of hydrogen-bond acceptors (Lipinski definition) is 5. The number of thioether (sulfide) groups is 1. The van der Waals surface area contributed by atoms with Crippen molar-refractivity contribution in [3.8, 4) is 5.75 Å². The quantitative estimate of drug-likeness (QED) is 0.340. The molecular weight excluding hydrogens is 478 g/mol. The molecule has 0 aliphatic carbocycles. The number of para-hydroxylation sites is 1. The third-order valence-corrected chi connectivity index (χ3v) is 6.62. The van der Waals surface area contributed by atoms with Gasteiger partial charge in [-0.3, -0.25) is 9.59 Å². The number of thiocarbonyl (C=S) groups is 1. The molecule has 2 amide bonds. The summed E-state index contributed by atoms with van der Waals surface area (Å²) in [6.45, 7) is 0. The highest BCUT2D eigenvalue weighted by Crippen LogP contribution is 2.36. The molecule has 0 aromatic heterocycles. The molecule has 1 atom stereocenters. The maximum Gasteiger partial charge on any atom is 0.247 e. The number of ether oxygens (including phenoxy) is 1. The third-order valence-electron chi connectivity index (χ3n) is 4.92. The molecule has 1 heterocycles. The predicted molar refractivity (Wildman–Crippen MR) is 137 cm³/mol. The number of carbonyl (C=O) groups excluding carboxylic acids is 2. The Morgan fingerprint density at radius 2 is 1.70 bits per heavy atom. The smallest absolute Gasteiger partial charge is 0.247 e. The van der Waals surface area contributed by atoms with Crippen molar-refractivity contribution >= 4 is 69.6 Å². The van der Waals surface area contributed by atoms with Gasteiger partial charge in [0.25, 0.3) is 0 Å². The average Bonchev–Trinajstić information content (AvgIpc) is 3.08. The summed E-state index contributed by atoms with van der Waals surface area (Å²) in [5.41, 5.74) is 2.16. The summed E-state index contributed by atoms with van der Waals surface area (Å²) < 4.78 is 5.14. The first-order chi connectivity index (χ1) is 15.9. The number of methoxy groups -OCH3 is 1. The lowest BCUT2D eigenvalue weighted by molar-refractivity contribution is -0.121. The van der Waals surface area contributed by atoms with Crippen LogP contribution in [-0.2, 0) is 9.59 Å². The molecule has 3 aromatic carbocycles. The number of halogens is 1. The van der Waals surface area contributed by atoms with Crippen molar-refractivity contribution in [2.75, 3.05) is 22.6 Å². The zero-order valence-electron chi connectivity index (χ0n) is 17.6. The van der Waals surface area contributed by atoms with Gasteiger partial charge in [-0.05, 0) is 66.8 Å². The molecule has 0 bridgehead atoms. The zero-order chi connectivity index (χ0) is 23.4. The minimum absolute atomic E-state index is 0.123. The third kappa shape index (κ3) is 5.47. The molecule has 1 aliphatic heterocycles. The van der Waals surface area contributed by atoms with Gasteiger partial charge in [0, 0.05) is 22.7 Å². The largest absolute Gasteiger partial charge is 0.495 e. The molecule has 0 radical (unpaired) electrons. The fourth-order valence-corrected chi connectivity index (χ4v) is 4.90. The van der Waals surface area contributed by atoms with Crippen LogP contribution in [0.3, 0.4) is 0 Å². The summed E-state index contributed by atoms with van der Waals surface area (Å²) in [5.74, 6) is -0.0337. The molecular formula is C24H20ClN3O3S2. The number of amides is 2. The van der Waals surface area contributed by atoms with Gasteiger partial charge in [-0.2, -0.15) is 0 Å². The first-order valence-corrected chi connectivity index (χ1v) is 11.7. The van der Waals surface area contributed by atoms with Gasteiger partial charge in [0.1, 0.15) is 5.75 Å². The lowest BCUT2D eigenvalue weighted by Gasteiger charge is -2.16. The Hall–Kier alpha value is -3.07. The van der Waals surface area contributed by atoms with Crippen LogP contribution in [0.2, 0.25) is 5.02 Å². The van der Waals surface area contributed by atoms with E-state index in [9.17, 15) is 9.59 Å². The van der Waals surface area contributed by atoms with Gasteiger partial charge >= 0.3 is 0 Å². The van der Waals surface area contributed by atoms with Crippen molar-refractivity contribution in [3.05, 3.63) is 77.8 Å². The highest BCUT2D eigenvalue weighted by molar-refractivity contribution is 8.00. The molecule has 3 aromatic rings. The van der Waals surface area contributed by atoms with Gasteiger partial charge in [-0.25, -0.2) is 4.90 Å². The molecule has 4 rings (SSSR count). The number of rotatable bonds is 6. The van der Waals surface area contributed by atoms with Gasteiger partial charge in [-0.1, -0.05) is 29.8 Å². The standard InChI is InChI=1S/C24H20ClN3O3S2/c1-31-20-12-9-17(13-19(20)25)28-22(29)14-21(23(28)30)33-18-10-7-16(8-11-18)27-24(32)26-15-5-3-2-4-6-15/h2-13,21H,14H2,1H3,(H2,26,27,32)/t21-/m1/s1. The van der Waals surface area contributed by atoms with Crippen molar-refractivity contribution < 1.29 is 14.3 Å². The number of benzene rings is 3. The number of carbonyl (C=O) groups is 2. The Morgan fingerprint density at radius 3 is 2.33 bits per heavy atom. The molecule has 0 spiro atoms. The molecule has 1 fully saturated rings. The normalized spacial score (nSPS) is 15.5. The van der Waals surface area contributed by atoms with Gasteiger partial charge < -0.3 is 15.4 Å². The summed E-state index contributed by atoms with van der Waals surface area (Å²) in [6.07, 6.45) is 0.123. The van der Waals surface area contributed by atoms with Crippen LogP contribution in [0.25, 0.3) is 0 Å². The lowest BCUT2D eigenvalue weighted by Crippen LogP contribution is -2.31. The number of anilines is 3. The van der Waals surface area contributed by atoms with E-state index in [1.807, 2.05) is 54.6 Å². The van der Waals surface area contributed by atoms with Crippen molar-refractivity contribution in [2.45, 2.75) is 16.6 Å². The van der Waals surface area contributed by atoms with Gasteiger partial charge in [0.15, 0.2) is 5.11 Å². The molecule has 6 nitrogen and oxygen atoms in total. The van der Waals surface area contributed by atoms with Gasteiger partial charge in [-0.15, -0.1) is 11.8 Å². The van der Waals surface area contributed by atoms with E-state index in [2.05, 4.69) is 10.6 Å². The lowest BCUT2D eigenvalue weighted by atomic mass is 10.3. The minimum Gasteiger partial charge on any atom is -0.495 e. The van der Waals surface area contributed by atoms with Crippen LogP contribution in [0.15, 0.2) is 77.7 Å². The second kappa shape index (κ2) is 10.2. The number of hydrogen-bond donors (Lipinski definition) is 2. The second-order valence-electron chi connectivity index (χ2n) is 7.17. The Balaban J connectivity index is 1.38. The zero-order valence-corrected chi connectivity index (χ0v) is 20.0. The van der Waals surface area contributed by atoms with Crippen LogP contribution in [0, 0.1) is 0 Å².